The Balaban J connectivity index is 1.82. The molecule has 1 aromatic rings. The van der Waals surface area contributed by atoms with Crippen molar-refractivity contribution in [2.75, 3.05) is 19.6 Å². The number of hydrogen-bond acceptors (Lipinski definition) is 2. The Hall–Kier alpha value is -1.30. The molecule has 2 atom stereocenters. The van der Waals surface area contributed by atoms with Gasteiger partial charge in [0.25, 0.3) is 0 Å². The molecular formula is C16H21NO. The fourth-order valence-electron chi connectivity index (χ4n) is 2.22. The van der Waals surface area contributed by atoms with Crippen LogP contribution in [0.4, 0.5) is 0 Å². The summed E-state index contributed by atoms with van der Waals surface area (Å²) in [6.07, 6.45) is 8.40. The van der Waals surface area contributed by atoms with Gasteiger partial charge >= 0.3 is 0 Å². The van der Waals surface area contributed by atoms with Crippen molar-refractivity contribution in [1.82, 2.24) is 4.90 Å². The molecule has 1 aromatic carbocycles. The summed E-state index contributed by atoms with van der Waals surface area (Å²) >= 11 is 0. The van der Waals surface area contributed by atoms with E-state index in [2.05, 4.69) is 42.0 Å². The Morgan fingerprint density at radius 1 is 1.33 bits per heavy atom. The zero-order chi connectivity index (χ0) is 12.8. The van der Waals surface area contributed by atoms with E-state index in [1.54, 1.807) is 0 Å². The number of epoxide rings is 1. The van der Waals surface area contributed by atoms with Gasteiger partial charge < -0.3 is 4.74 Å². The molecule has 0 amide bonds. The molecule has 1 aliphatic rings. The Morgan fingerprint density at radius 2 is 2.11 bits per heavy atom. The first-order chi connectivity index (χ1) is 8.85. The third-order valence-electron chi connectivity index (χ3n) is 3.29. The summed E-state index contributed by atoms with van der Waals surface area (Å²) in [7, 11) is 0. The summed E-state index contributed by atoms with van der Waals surface area (Å²) in [6, 6.07) is 10.4. The van der Waals surface area contributed by atoms with E-state index in [1.165, 1.54) is 18.4 Å². The molecule has 0 aromatic heterocycles. The molecule has 0 bridgehead atoms. The highest BCUT2D eigenvalue weighted by Crippen LogP contribution is 2.38. The van der Waals surface area contributed by atoms with E-state index < -0.39 is 0 Å². The van der Waals surface area contributed by atoms with Crippen LogP contribution in [0, 0.1) is 12.3 Å². The molecule has 0 N–H and O–H groups in total. The second-order valence-corrected chi connectivity index (χ2v) is 4.80. The van der Waals surface area contributed by atoms with Crippen LogP contribution in [0.5, 0.6) is 0 Å². The highest BCUT2D eigenvalue weighted by molar-refractivity contribution is 5.22. The van der Waals surface area contributed by atoms with Crippen LogP contribution < -0.4 is 0 Å². The second-order valence-electron chi connectivity index (χ2n) is 4.80. The van der Waals surface area contributed by atoms with Gasteiger partial charge in [0.1, 0.15) is 12.2 Å². The van der Waals surface area contributed by atoms with Crippen molar-refractivity contribution in [3.63, 3.8) is 0 Å². The third-order valence-corrected chi connectivity index (χ3v) is 3.29. The van der Waals surface area contributed by atoms with Crippen molar-refractivity contribution in [2.45, 2.75) is 32.0 Å². The van der Waals surface area contributed by atoms with Gasteiger partial charge in [-0.05, 0) is 18.5 Å². The van der Waals surface area contributed by atoms with E-state index in [0.29, 0.717) is 6.10 Å². The van der Waals surface area contributed by atoms with Gasteiger partial charge in [-0.1, -0.05) is 49.6 Å². The maximum Gasteiger partial charge on any atom is 0.110 e. The van der Waals surface area contributed by atoms with Crippen LogP contribution >= 0.6 is 0 Å². The molecule has 1 aliphatic heterocycles. The molecule has 1 heterocycles. The highest BCUT2D eigenvalue weighted by Gasteiger charge is 2.40. The number of rotatable bonds is 7. The average molecular weight is 243 g/mol. The molecule has 2 nitrogen and oxygen atoms in total. The van der Waals surface area contributed by atoms with Crippen LogP contribution in [0.15, 0.2) is 30.3 Å². The lowest BCUT2D eigenvalue weighted by Crippen LogP contribution is -2.29. The molecule has 1 saturated heterocycles. The lowest BCUT2D eigenvalue weighted by atomic mass is 10.1. The van der Waals surface area contributed by atoms with Crippen molar-refractivity contribution in [1.29, 1.82) is 0 Å². The Kier molecular flexibility index (Phi) is 4.81. The quantitative estimate of drug-likeness (QED) is 0.540. The molecule has 96 valence electrons. The maximum absolute atomic E-state index is 5.75. The van der Waals surface area contributed by atoms with Gasteiger partial charge in [0.15, 0.2) is 0 Å². The molecule has 18 heavy (non-hydrogen) atoms. The first-order valence-electron chi connectivity index (χ1n) is 6.71. The van der Waals surface area contributed by atoms with Gasteiger partial charge in [-0.2, -0.15) is 0 Å². The predicted octanol–water partition coefficient (Wildman–Crippen LogP) is 2.86. The molecule has 2 heteroatoms. The van der Waals surface area contributed by atoms with E-state index in [-0.39, 0.29) is 6.10 Å². The van der Waals surface area contributed by atoms with E-state index >= 15 is 0 Å². The van der Waals surface area contributed by atoms with Crippen LogP contribution in [0.25, 0.3) is 0 Å². The van der Waals surface area contributed by atoms with Crippen LogP contribution in [-0.4, -0.2) is 30.6 Å². The van der Waals surface area contributed by atoms with Crippen molar-refractivity contribution >= 4 is 0 Å². The fourth-order valence-corrected chi connectivity index (χ4v) is 2.22. The molecule has 0 saturated carbocycles. The van der Waals surface area contributed by atoms with Gasteiger partial charge in [0.05, 0.1) is 6.54 Å². The summed E-state index contributed by atoms with van der Waals surface area (Å²) in [5.74, 6) is 2.73. The van der Waals surface area contributed by atoms with E-state index in [9.17, 15) is 0 Å². The third kappa shape index (κ3) is 3.60. The number of nitrogens with zero attached hydrogens (tertiary/aromatic N) is 1. The lowest BCUT2D eigenvalue weighted by Gasteiger charge is -2.17. The standard InChI is InChI=1S/C16H21NO/c1-3-5-12-17(11-4-2)13-15-16(18-15)14-9-7-6-8-10-14/h2,6-10,15-16H,3,5,11-13H2,1H3/t15-,16-/m1/s1. The van der Waals surface area contributed by atoms with Crippen molar-refractivity contribution in [2.24, 2.45) is 0 Å². The largest absolute Gasteiger partial charge is 0.363 e. The molecule has 2 rings (SSSR count). The van der Waals surface area contributed by atoms with Gasteiger partial charge in [-0.25, -0.2) is 0 Å². The first kappa shape index (κ1) is 13.1. The highest BCUT2D eigenvalue weighted by atomic mass is 16.6. The molecule has 0 aliphatic carbocycles. The minimum Gasteiger partial charge on any atom is -0.363 e. The Labute approximate surface area is 110 Å². The number of hydrogen-bond donors (Lipinski definition) is 0. The SMILES string of the molecule is C#CCN(CCCC)C[C@H]1O[C@@H]1c1ccccc1. The fraction of sp³-hybridized carbons (Fsp3) is 0.500. The Bertz CT molecular complexity index is 395. The second kappa shape index (κ2) is 6.58. The van der Waals surface area contributed by atoms with Crippen LogP contribution in [0.2, 0.25) is 0 Å². The number of benzene rings is 1. The molecule has 0 radical (unpaired) electrons. The summed E-state index contributed by atoms with van der Waals surface area (Å²) in [5.41, 5.74) is 1.28. The van der Waals surface area contributed by atoms with Crippen LogP contribution in [0.1, 0.15) is 31.4 Å². The number of ether oxygens (including phenoxy) is 1. The van der Waals surface area contributed by atoms with Crippen molar-refractivity contribution in [3.05, 3.63) is 35.9 Å². The number of terminal acetylenes is 1. The zero-order valence-electron chi connectivity index (χ0n) is 11.0. The summed E-state index contributed by atoms with van der Waals surface area (Å²) in [4.78, 5) is 2.32. The summed E-state index contributed by atoms with van der Waals surface area (Å²) < 4.78 is 5.75. The van der Waals surface area contributed by atoms with Gasteiger partial charge in [0.2, 0.25) is 0 Å². The van der Waals surface area contributed by atoms with E-state index in [0.717, 1.165) is 19.6 Å². The molecular weight excluding hydrogens is 222 g/mol. The van der Waals surface area contributed by atoms with Crippen molar-refractivity contribution in [3.8, 4) is 12.3 Å². The average Bonchev–Trinajstić information content (AvgIpc) is 3.16. The zero-order valence-corrected chi connectivity index (χ0v) is 11.0. The van der Waals surface area contributed by atoms with Gasteiger partial charge in [0, 0.05) is 6.54 Å². The first-order valence-corrected chi connectivity index (χ1v) is 6.71. The summed E-state index contributed by atoms with van der Waals surface area (Å²) in [6.45, 7) is 4.95. The topological polar surface area (TPSA) is 15.8 Å². The molecule has 1 fully saturated rings. The smallest absolute Gasteiger partial charge is 0.110 e. The molecule has 0 unspecified atom stereocenters. The predicted molar refractivity (Wildman–Crippen MR) is 74.2 cm³/mol. The lowest BCUT2D eigenvalue weighted by molar-refractivity contribution is 0.260. The van der Waals surface area contributed by atoms with E-state index in [1.807, 2.05) is 6.07 Å². The van der Waals surface area contributed by atoms with E-state index in [4.69, 9.17) is 11.2 Å². The van der Waals surface area contributed by atoms with Crippen LogP contribution in [-0.2, 0) is 4.74 Å². The Morgan fingerprint density at radius 3 is 2.78 bits per heavy atom. The minimum atomic E-state index is 0.271. The van der Waals surface area contributed by atoms with Crippen molar-refractivity contribution < 1.29 is 4.74 Å². The monoisotopic (exact) mass is 243 g/mol. The van der Waals surface area contributed by atoms with Crippen LogP contribution in [0.3, 0.4) is 0 Å². The molecule has 0 spiro atoms. The minimum absolute atomic E-state index is 0.271. The normalized spacial score (nSPS) is 21.8. The number of unbranched alkanes of at least 4 members (excludes halogenated alkanes) is 1. The van der Waals surface area contributed by atoms with Gasteiger partial charge in [-0.15, -0.1) is 6.42 Å². The maximum atomic E-state index is 5.75. The van der Waals surface area contributed by atoms with Gasteiger partial charge in [-0.3, -0.25) is 4.90 Å². The summed E-state index contributed by atoms with van der Waals surface area (Å²) in [5, 5.41) is 0.